The first kappa shape index (κ1) is 15.7. The Balaban J connectivity index is 1.72. The number of fused-ring (bicyclic) bond motifs is 1. The fourth-order valence-corrected chi connectivity index (χ4v) is 2.34. The predicted molar refractivity (Wildman–Crippen MR) is 83.3 cm³/mol. The highest BCUT2D eigenvalue weighted by Gasteiger charge is 2.31. The summed E-state index contributed by atoms with van der Waals surface area (Å²) in [6.07, 6.45) is 1.25. The fraction of sp³-hybridized carbons (Fsp3) is 0.267. The largest absolute Gasteiger partial charge is 0.462 e. The zero-order valence-corrected chi connectivity index (χ0v) is 12.9. The van der Waals surface area contributed by atoms with Gasteiger partial charge in [-0.05, 0) is 31.2 Å². The maximum atomic E-state index is 12.4. The number of benzene rings is 1. The molecule has 2 amide bonds. The van der Waals surface area contributed by atoms with E-state index in [9.17, 15) is 14.4 Å². The number of rotatable bonds is 4. The quantitative estimate of drug-likeness (QED) is 0.808. The first-order chi connectivity index (χ1) is 11.6. The van der Waals surface area contributed by atoms with E-state index in [1.165, 1.54) is 11.0 Å². The molecule has 0 fully saturated rings. The van der Waals surface area contributed by atoms with Crippen LogP contribution in [-0.2, 0) is 14.3 Å². The third-order valence-electron chi connectivity index (χ3n) is 3.46. The van der Waals surface area contributed by atoms with Crippen LogP contribution in [0.2, 0.25) is 0 Å². The molecule has 9 nitrogen and oxygen atoms in total. The number of carbonyl (C=O) groups excluding carboxylic acids is 3. The minimum Gasteiger partial charge on any atom is -0.462 e. The molecule has 0 bridgehead atoms. The number of amides is 2. The zero-order chi connectivity index (χ0) is 17.1. The molecule has 2 heterocycles. The van der Waals surface area contributed by atoms with Gasteiger partial charge in [-0.3, -0.25) is 14.9 Å². The lowest BCUT2D eigenvalue weighted by molar-refractivity contribution is -0.125. The summed E-state index contributed by atoms with van der Waals surface area (Å²) in [4.78, 5) is 39.6. The van der Waals surface area contributed by atoms with Crippen molar-refractivity contribution in [3.8, 4) is 0 Å². The molecule has 9 heteroatoms. The Morgan fingerprint density at radius 3 is 2.83 bits per heavy atom. The molecule has 124 valence electrons. The van der Waals surface area contributed by atoms with Crippen LogP contribution in [0.4, 0.5) is 11.6 Å². The highest BCUT2D eigenvalue weighted by Crippen LogP contribution is 2.23. The summed E-state index contributed by atoms with van der Waals surface area (Å²) in [5.41, 5.74) is 0.895. The average molecular weight is 329 g/mol. The minimum atomic E-state index is -0.777. The number of esters is 1. The standard InChI is InChI=1S/C15H15N5O4/c1-2-24-14(23)9-3-5-10(6-4-9)18-13(22)11-7-12(21)19-15-16-8-17-20(11)15/h3-6,8,11H,2,7H2,1H3,(H,18,22)(H,16,17,19,21)/t11-/m1/s1. The van der Waals surface area contributed by atoms with Crippen molar-refractivity contribution < 1.29 is 19.1 Å². The van der Waals surface area contributed by atoms with Gasteiger partial charge in [0.25, 0.3) is 0 Å². The first-order valence-corrected chi connectivity index (χ1v) is 7.36. The van der Waals surface area contributed by atoms with Crippen molar-refractivity contribution in [2.24, 2.45) is 0 Å². The molecule has 1 aliphatic heterocycles. The first-order valence-electron chi connectivity index (χ1n) is 7.36. The number of anilines is 2. The summed E-state index contributed by atoms with van der Waals surface area (Å²) >= 11 is 0. The summed E-state index contributed by atoms with van der Waals surface area (Å²) in [5, 5.41) is 9.20. The molecule has 2 aromatic rings. The van der Waals surface area contributed by atoms with Crippen molar-refractivity contribution in [2.45, 2.75) is 19.4 Å². The van der Waals surface area contributed by atoms with Crippen LogP contribution in [0, 0.1) is 0 Å². The van der Waals surface area contributed by atoms with Gasteiger partial charge in [-0.1, -0.05) is 0 Å². The molecule has 0 saturated heterocycles. The Morgan fingerprint density at radius 2 is 2.12 bits per heavy atom. The highest BCUT2D eigenvalue weighted by atomic mass is 16.5. The van der Waals surface area contributed by atoms with Gasteiger partial charge in [0.05, 0.1) is 18.6 Å². The maximum Gasteiger partial charge on any atom is 0.338 e. The molecule has 1 atom stereocenters. The topological polar surface area (TPSA) is 115 Å². The van der Waals surface area contributed by atoms with Crippen molar-refractivity contribution in [2.75, 3.05) is 17.2 Å². The molecule has 0 saturated carbocycles. The maximum absolute atomic E-state index is 12.4. The second-order valence-corrected chi connectivity index (χ2v) is 5.08. The van der Waals surface area contributed by atoms with Gasteiger partial charge in [0.1, 0.15) is 12.4 Å². The normalized spacial score (nSPS) is 16.0. The molecule has 24 heavy (non-hydrogen) atoms. The lowest BCUT2D eigenvalue weighted by Gasteiger charge is -2.22. The van der Waals surface area contributed by atoms with Crippen molar-refractivity contribution in [1.29, 1.82) is 0 Å². The Hall–Kier alpha value is -3.23. The van der Waals surface area contributed by atoms with E-state index in [2.05, 4.69) is 20.7 Å². The van der Waals surface area contributed by atoms with Crippen molar-refractivity contribution in [3.05, 3.63) is 36.2 Å². The van der Waals surface area contributed by atoms with Gasteiger partial charge < -0.3 is 10.1 Å². The third-order valence-corrected chi connectivity index (χ3v) is 3.46. The molecule has 0 aliphatic carbocycles. The Morgan fingerprint density at radius 1 is 1.38 bits per heavy atom. The molecule has 0 spiro atoms. The van der Waals surface area contributed by atoms with Crippen LogP contribution < -0.4 is 10.6 Å². The van der Waals surface area contributed by atoms with E-state index in [1.807, 2.05) is 0 Å². The van der Waals surface area contributed by atoms with E-state index in [0.29, 0.717) is 17.9 Å². The SMILES string of the molecule is CCOC(=O)c1ccc(NC(=O)[C@H]2CC(=O)Nc3ncnn32)cc1. The zero-order valence-electron chi connectivity index (χ0n) is 12.9. The lowest BCUT2D eigenvalue weighted by atomic mass is 10.1. The molecule has 3 rings (SSSR count). The minimum absolute atomic E-state index is 0.0247. The highest BCUT2D eigenvalue weighted by molar-refractivity contribution is 6.01. The van der Waals surface area contributed by atoms with Crippen LogP contribution in [-0.4, -0.2) is 39.2 Å². The summed E-state index contributed by atoms with van der Waals surface area (Å²) in [6, 6.07) is 5.52. The molecule has 2 N–H and O–H groups in total. The number of carbonyl (C=O) groups is 3. The van der Waals surface area contributed by atoms with E-state index in [0.717, 1.165) is 0 Å². The molecule has 0 unspecified atom stereocenters. The van der Waals surface area contributed by atoms with Crippen molar-refractivity contribution in [1.82, 2.24) is 14.8 Å². The van der Waals surface area contributed by atoms with Gasteiger partial charge in [0.2, 0.25) is 17.8 Å². The van der Waals surface area contributed by atoms with E-state index >= 15 is 0 Å². The van der Waals surface area contributed by atoms with Crippen LogP contribution in [0.1, 0.15) is 29.7 Å². The molecular formula is C15H15N5O4. The molecular weight excluding hydrogens is 314 g/mol. The Kier molecular flexibility index (Phi) is 4.23. The molecule has 1 aliphatic rings. The number of nitrogens with one attached hydrogen (secondary N) is 2. The second kappa shape index (κ2) is 6.49. The second-order valence-electron chi connectivity index (χ2n) is 5.08. The van der Waals surface area contributed by atoms with Crippen LogP contribution >= 0.6 is 0 Å². The van der Waals surface area contributed by atoms with E-state index in [1.54, 1.807) is 31.2 Å². The van der Waals surface area contributed by atoms with Crippen molar-refractivity contribution in [3.63, 3.8) is 0 Å². The van der Waals surface area contributed by atoms with Crippen LogP contribution in [0.5, 0.6) is 0 Å². The Bertz CT molecular complexity index is 783. The summed E-state index contributed by atoms with van der Waals surface area (Å²) in [6.45, 7) is 2.02. The lowest BCUT2D eigenvalue weighted by Crippen LogP contribution is -2.36. The number of nitrogens with zero attached hydrogens (tertiary/aromatic N) is 3. The number of hydrogen-bond acceptors (Lipinski definition) is 6. The van der Waals surface area contributed by atoms with Gasteiger partial charge in [0.15, 0.2) is 0 Å². The molecule has 1 aromatic heterocycles. The van der Waals surface area contributed by atoms with Gasteiger partial charge in [0, 0.05) is 5.69 Å². The predicted octanol–water partition coefficient (Wildman–Crippen LogP) is 0.977. The Labute approximate surface area is 137 Å². The van der Waals surface area contributed by atoms with Gasteiger partial charge in [-0.25, -0.2) is 9.48 Å². The van der Waals surface area contributed by atoms with Gasteiger partial charge in [-0.15, -0.1) is 0 Å². The monoisotopic (exact) mass is 329 g/mol. The summed E-state index contributed by atoms with van der Waals surface area (Å²) < 4.78 is 6.26. The van der Waals surface area contributed by atoms with Crippen LogP contribution in [0.3, 0.4) is 0 Å². The number of aromatic nitrogens is 3. The van der Waals surface area contributed by atoms with E-state index in [-0.39, 0.29) is 24.2 Å². The van der Waals surface area contributed by atoms with Crippen molar-refractivity contribution >= 4 is 29.4 Å². The number of hydrogen-bond donors (Lipinski definition) is 2. The third kappa shape index (κ3) is 3.09. The smallest absolute Gasteiger partial charge is 0.338 e. The summed E-state index contributed by atoms with van der Waals surface area (Å²) in [5.74, 6) is -0.871. The van der Waals surface area contributed by atoms with Gasteiger partial charge in [-0.2, -0.15) is 10.1 Å². The van der Waals surface area contributed by atoms with Crippen LogP contribution in [0.25, 0.3) is 0 Å². The van der Waals surface area contributed by atoms with E-state index < -0.39 is 12.0 Å². The fourth-order valence-electron chi connectivity index (χ4n) is 2.34. The summed E-state index contributed by atoms with van der Waals surface area (Å²) in [7, 11) is 0. The number of ether oxygens (including phenoxy) is 1. The molecule has 0 radical (unpaired) electrons. The average Bonchev–Trinajstić information content (AvgIpc) is 3.03. The molecule has 1 aromatic carbocycles. The van der Waals surface area contributed by atoms with Gasteiger partial charge >= 0.3 is 5.97 Å². The van der Waals surface area contributed by atoms with E-state index in [4.69, 9.17) is 4.74 Å². The van der Waals surface area contributed by atoms with Crippen LogP contribution in [0.15, 0.2) is 30.6 Å².